The third-order valence-electron chi connectivity index (χ3n) is 6.35. The third-order valence-corrected chi connectivity index (χ3v) is 8.20. The van der Waals surface area contributed by atoms with Crippen LogP contribution in [0.5, 0.6) is 0 Å². The minimum atomic E-state index is -4.16. The van der Waals surface area contributed by atoms with Crippen molar-refractivity contribution in [3.05, 3.63) is 70.3 Å². The van der Waals surface area contributed by atoms with Crippen molar-refractivity contribution in [2.24, 2.45) is 17.1 Å². The summed E-state index contributed by atoms with van der Waals surface area (Å²) in [6, 6.07) is 11.7. The number of aliphatic hydroxyl groups is 1. The molecule has 12 nitrogen and oxygen atoms in total. The van der Waals surface area contributed by atoms with Crippen LogP contribution in [0.3, 0.4) is 0 Å². The summed E-state index contributed by atoms with van der Waals surface area (Å²) in [6.45, 7) is 8.36. The molecule has 0 saturated carbocycles. The van der Waals surface area contributed by atoms with Gasteiger partial charge in [-0.3, -0.25) is 19.7 Å². The second-order valence-corrected chi connectivity index (χ2v) is 13.3. The minimum absolute atomic E-state index is 0.0551. The molecule has 0 aromatic heterocycles. The van der Waals surface area contributed by atoms with E-state index in [0.717, 1.165) is 34.1 Å². The van der Waals surface area contributed by atoms with E-state index >= 15 is 0 Å². The second kappa shape index (κ2) is 14.5. The maximum atomic E-state index is 13.6. The number of nitrogens with one attached hydrogen (secondary N) is 2. The Morgan fingerprint density at radius 1 is 1.02 bits per heavy atom. The van der Waals surface area contributed by atoms with E-state index in [2.05, 4.69) is 10.6 Å². The zero-order valence-electron chi connectivity index (χ0n) is 24.1. The van der Waals surface area contributed by atoms with Gasteiger partial charge in [0.1, 0.15) is 6.04 Å². The molecule has 0 bridgehead atoms. The molecule has 0 heterocycles. The molecule has 0 fully saturated rings. The first-order valence-corrected chi connectivity index (χ1v) is 14.8. The van der Waals surface area contributed by atoms with Crippen LogP contribution in [-0.4, -0.2) is 72.4 Å². The number of nitrogens with two attached hydrogens (primary N) is 1. The van der Waals surface area contributed by atoms with E-state index in [9.17, 15) is 33.2 Å². The largest absolute Gasteiger partial charge is 0.390 e. The van der Waals surface area contributed by atoms with E-state index in [1.807, 2.05) is 44.2 Å². The van der Waals surface area contributed by atoms with Crippen molar-refractivity contribution in [2.45, 2.75) is 64.1 Å². The summed E-state index contributed by atoms with van der Waals surface area (Å²) < 4.78 is 28.3. The SMILES string of the molecule is CC(C)CN(C[C@@H](O)[C@H](Cc1ccccc1)NC(=O)[C@@H](NC(=O)CN)C(C)(C)C)S(=O)(=O)c1ccc([N+](=O)[O-])cc1. The molecule has 41 heavy (non-hydrogen) atoms. The molecule has 0 unspecified atom stereocenters. The average molecular weight is 592 g/mol. The van der Waals surface area contributed by atoms with Gasteiger partial charge in [-0.2, -0.15) is 4.31 Å². The number of hydrogen-bond donors (Lipinski definition) is 4. The van der Waals surface area contributed by atoms with Crippen LogP contribution in [0.1, 0.15) is 40.2 Å². The van der Waals surface area contributed by atoms with E-state index in [-0.39, 0.29) is 42.6 Å². The van der Waals surface area contributed by atoms with E-state index in [1.165, 1.54) is 0 Å². The Hall–Kier alpha value is -3.39. The maximum Gasteiger partial charge on any atom is 0.269 e. The van der Waals surface area contributed by atoms with E-state index < -0.39 is 50.4 Å². The molecule has 5 N–H and O–H groups in total. The zero-order chi connectivity index (χ0) is 31.0. The Morgan fingerprint density at radius 3 is 2.10 bits per heavy atom. The molecule has 2 amide bonds. The summed E-state index contributed by atoms with van der Waals surface area (Å²) in [6.07, 6.45) is -1.17. The summed E-state index contributed by atoms with van der Waals surface area (Å²) in [5.41, 5.74) is 5.29. The lowest BCUT2D eigenvalue weighted by Crippen LogP contribution is -2.59. The Kier molecular flexibility index (Phi) is 11.9. The highest BCUT2D eigenvalue weighted by molar-refractivity contribution is 7.89. The van der Waals surface area contributed by atoms with Crippen molar-refractivity contribution in [1.29, 1.82) is 0 Å². The van der Waals surface area contributed by atoms with Crippen LogP contribution < -0.4 is 16.4 Å². The van der Waals surface area contributed by atoms with Gasteiger partial charge in [0.25, 0.3) is 5.69 Å². The summed E-state index contributed by atoms with van der Waals surface area (Å²) in [5.74, 6) is -1.18. The number of non-ortho nitro benzene ring substituents is 1. The lowest BCUT2D eigenvalue weighted by molar-refractivity contribution is -0.384. The standard InChI is InChI=1S/C28H41N5O7S/c1-19(2)17-32(41(39,40)22-13-11-21(12-14-22)33(37)38)18-24(34)23(15-20-9-7-6-8-10-20)30-27(36)26(28(3,4)5)31-25(35)16-29/h6-14,19,23-24,26,34H,15-18,29H2,1-5H3,(H,30,36)(H,31,35)/t23-,24+,26+/m0/s1. The number of carbonyl (C=O) groups excluding carboxylic acids is 2. The van der Waals surface area contributed by atoms with Crippen LogP contribution in [-0.2, 0) is 26.0 Å². The number of nitro groups is 1. The van der Waals surface area contributed by atoms with Gasteiger partial charge in [0, 0.05) is 25.2 Å². The molecule has 0 spiro atoms. The molecule has 226 valence electrons. The first-order chi connectivity index (χ1) is 19.1. The van der Waals surface area contributed by atoms with Gasteiger partial charge in [0.05, 0.1) is 28.5 Å². The maximum absolute atomic E-state index is 13.6. The summed E-state index contributed by atoms with van der Waals surface area (Å²) in [7, 11) is -4.16. The van der Waals surface area contributed by atoms with Crippen LogP contribution in [0.4, 0.5) is 5.69 Å². The van der Waals surface area contributed by atoms with Crippen LogP contribution in [0.15, 0.2) is 59.5 Å². The lowest BCUT2D eigenvalue weighted by Gasteiger charge is -2.34. The van der Waals surface area contributed by atoms with Gasteiger partial charge in [-0.15, -0.1) is 0 Å². The first-order valence-electron chi connectivity index (χ1n) is 13.3. The molecule has 2 aromatic rings. The van der Waals surface area contributed by atoms with E-state index in [4.69, 9.17) is 5.73 Å². The minimum Gasteiger partial charge on any atom is -0.390 e. The Bertz CT molecular complexity index is 1280. The number of sulfonamides is 1. The summed E-state index contributed by atoms with van der Waals surface area (Å²) in [4.78, 5) is 35.8. The predicted octanol–water partition coefficient (Wildman–Crippen LogP) is 1.82. The number of hydrogen-bond acceptors (Lipinski definition) is 8. The number of rotatable bonds is 14. The first kappa shape index (κ1) is 33.8. The van der Waals surface area contributed by atoms with Crippen molar-refractivity contribution in [3.8, 4) is 0 Å². The second-order valence-electron chi connectivity index (χ2n) is 11.4. The van der Waals surface area contributed by atoms with Crippen molar-refractivity contribution < 1.29 is 28.0 Å². The number of benzene rings is 2. The monoisotopic (exact) mass is 591 g/mol. The van der Waals surface area contributed by atoms with E-state index in [0.29, 0.717) is 0 Å². The van der Waals surface area contributed by atoms with Gasteiger partial charge < -0.3 is 21.5 Å². The average Bonchev–Trinajstić information content (AvgIpc) is 2.90. The van der Waals surface area contributed by atoms with Gasteiger partial charge in [-0.1, -0.05) is 65.0 Å². The van der Waals surface area contributed by atoms with Crippen LogP contribution in [0.25, 0.3) is 0 Å². The quantitative estimate of drug-likeness (QED) is 0.189. The van der Waals surface area contributed by atoms with Crippen molar-refractivity contribution >= 4 is 27.5 Å². The molecule has 0 radical (unpaired) electrons. The summed E-state index contributed by atoms with van der Waals surface area (Å²) >= 11 is 0. The van der Waals surface area contributed by atoms with Crippen LogP contribution in [0.2, 0.25) is 0 Å². The lowest BCUT2D eigenvalue weighted by atomic mass is 9.85. The molecule has 2 rings (SSSR count). The fourth-order valence-electron chi connectivity index (χ4n) is 4.22. The van der Waals surface area contributed by atoms with Gasteiger partial charge in [-0.25, -0.2) is 8.42 Å². The molecule has 2 aromatic carbocycles. The molecule has 0 aliphatic carbocycles. The Labute approximate surface area is 241 Å². The molecule has 13 heteroatoms. The zero-order valence-corrected chi connectivity index (χ0v) is 24.9. The fraction of sp³-hybridized carbons (Fsp3) is 0.500. The van der Waals surface area contributed by atoms with Gasteiger partial charge in [-0.05, 0) is 35.4 Å². The topological polar surface area (TPSA) is 185 Å². The highest BCUT2D eigenvalue weighted by Gasteiger charge is 2.36. The van der Waals surface area contributed by atoms with Gasteiger partial charge >= 0.3 is 0 Å². The van der Waals surface area contributed by atoms with Crippen molar-refractivity contribution in [3.63, 3.8) is 0 Å². The smallest absolute Gasteiger partial charge is 0.269 e. The van der Waals surface area contributed by atoms with Gasteiger partial charge in [0.2, 0.25) is 21.8 Å². The number of aliphatic hydroxyl groups excluding tert-OH is 1. The Morgan fingerprint density at radius 2 is 1.61 bits per heavy atom. The van der Waals surface area contributed by atoms with Crippen molar-refractivity contribution in [1.82, 2.24) is 14.9 Å². The molecular formula is C28H41N5O7S. The number of nitrogens with zero attached hydrogens (tertiary/aromatic N) is 2. The molecular weight excluding hydrogens is 550 g/mol. The number of amides is 2. The molecule has 0 aliphatic heterocycles. The fourth-order valence-corrected chi connectivity index (χ4v) is 5.84. The third kappa shape index (κ3) is 9.88. The number of carbonyl (C=O) groups is 2. The normalized spacial score (nSPS) is 14.4. The predicted molar refractivity (Wildman–Crippen MR) is 155 cm³/mol. The molecule has 0 saturated heterocycles. The highest BCUT2D eigenvalue weighted by Crippen LogP contribution is 2.23. The summed E-state index contributed by atoms with van der Waals surface area (Å²) in [5, 5.41) is 27.9. The highest BCUT2D eigenvalue weighted by atomic mass is 32.2. The Balaban J connectivity index is 2.42. The van der Waals surface area contributed by atoms with Crippen molar-refractivity contribution in [2.75, 3.05) is 19.6 Å². The number of nitro benzene ring substituents is 1. The van der Waals surface area contributed by atoms with Crippen LogP contribution >= 0.6 is 0 Å². The van der Waals surface area contributed by atoms with Gasteiger partial charge in [0.15, 0.2) is 0 Å². The molecule has 0 aliphatic rings. The van der Waals surface area contributed by atoms with Crippen LogP contribution in [0, 0.1) is 21.4 Å². The molecule has 3 atom stereocenters. The van der Waals surface area contributed by atoms with E-state index in [1.54, 1.807) is 20.8 Å².